The van der Waals surface area contributed by atoms with Gasteiger partial charge in [-0.3, -0.25) is 0 Å². The highest BCUT2D eigenvalue weighted by molar-refractivity contribution is 7.26. The molecule has 2 aliphatic rings. The molecular formula is C48H35NS. The van der Waals surface area contributed by atoms with Gasteiger partial charge in [-0.25, -0.2) is 0 Å². The molecule has 238 valence electrons. The molecule has 0 bridgehead atoms. The lowest BCUT2D eigenvalue weighted by molar-refractivity contribution is 1.18. The average molecular weight is 658 g/mol. The Morgan fingerprint density at radius 2 is 1.22 bits per heavy atom. The van der Waals surface area contributed by atoms with E-state index in [1.165, 1.54) is 64.7 Å². The molecule has 1 nitrogen and oxygen atoms in total. The predicted molar refractivity (Wildman–Crippen MR) is 218 cm³/mol. The lowest BCUT2D eigenvalue weighted by Gasteiger charge is -2.27. The first-order valence-electron chi connectivity index (χ1n) is 17.3. The largest absolute Gasteiger partial charge is 0.311 e. The SMILES string of the molecule is C1=CC(N(c2ccc(-c3cccc(-c4ccccc4)c3)cc2)c2ccc3c(c2)C=CCC=C3)=CCC(c2cccc3c2sc2ccccc23)=C1. The Morgan fingerprint density at radius 3 is 2.08 bits per heavy atom. The monoisotopic (exact) mass is 657 g/mol. The molecular weight excluding hydrogens is 623 g/mol. The summed E-state index contributed by atoms with van der Waals surface area (Å²) in [6.07, 6.45) is 19.9. The van der Waals surface area contributed by atoms with Gasteiger partial charge in [-0.2, -0.15) is 0 Å². The predicted octanol–water partition coefficient (Wildman–Crippen LogP) is 13.9. The van der Waals surface area contributed by atoms with Gasteiger partial charge >= 0.3 is 0 Å². The molecule has 0 aliphatic heterocycles. The fraction of sp³-hybridized carbons (Fsp3) is 0.0417. The van der Waals surface area contributed by atoms with E-state index in [2.05, 4.69) is 193 Å². The first-order chi connectivity index (χ1) is 24.8. The molecule has 0 N–H and O–H groups in total. The zero-order chi connectivity index (χ0) is 33.3. The molecule has 1 heterocycles. The molecule has 9 rings (SSSR count). The van der Waals surface area contributed by atoms with Crippen LogP contribution in [0.15, 0.2) is 182 Å². The zero-order valence-electron chi connectivity index (χ0n) is 27.7. The van der Waals surface area contributed by atoms with Crippen molar-refractivity contribution in [2.45, 2.75) is 12.8 Å². The second-order valence-electron chi connectivity index (χ2n) is 12.8. The molecule has 1 aromatic heterocycles. The number of benzene rings is 6. The van der Waals surface area contributed by atoms with Crippen LogP contribution < -0.4 is 4.90 Å². The van der Waals surface area contributed by atoms with E-state index in [9.17, 15) is 0 Å². The van der Waals surface area contributed by atoms with E-state index in [4.69, 9.17) is 0 Å². The number of fused-ring (bicyclic) bond motifs is 4. The van der Waals surface area contributed by atoms with E-state index in [1.807, 2.05) is 11.3 Å². The van der Waals surface area contributed by atoms with Crippen LogP contribution in [0, 0.1) is 0 Å². The molecule has 0 unspecified atom stereocenters. The van der Waals surface area contributed by atoms with Crippen LogP contribution in [0.25, 0.3) is 60.2 Å². The third kappa shape index (κ3) is 5.74. The summed E-state index contributed by atoms with van der Waals surface area (Å²) in [6.45, 7) is 0. The minimum atomic E-state index is 0.837. The first-order valence-corrected chi connectivity index (χ1v) is 18.1. The second-order valence-corrected chi connectivity index (χ2v) is 13.9. The van der Waals surface area contributed by atoms with Crippen molar-refractivity contribution in [2.75, 3.05) is 4.90 Å². The van der Waals surface area contributed by atoms with Gasteiger partial charge in [-0.05, 0) is 99.8 Å². The van der Waals surface area contributed by atoms with Gasteiger partial charge in [0.15, 0.2) is 0 Å². The van der Waals surface area contributed by atoms with Gasteiger partial charge in [0.1, 0.15) is 0 Å². The average Bonchev–Trinajstić information content (AvgIpc) is 3.29. The number of allylic oxidation sites excluding steroid dienone is 7. The molecule has 0 amide bonds. The fourth-order valence-electron chi connectivity index (χ4n) is 7.20. The number of anilines is 2. The molecule has 0 saturated heterocycles. The molecule has 0 fully saturated rings. The quantitative estimate of drug-likeness (QED) is 0.172. The summed E-state index contributed by atoms with van der Waals surface area (Å²) in [4.78, 5) is 2.40. The van der Waals surface area contributed by atoms with Gasteiger partial charge in [-0.1, -0.05) is 146 Å². The number of hydrogen-bond donors (Lipinski definition) is 0. The topological polar surface area (TPSA) is 3.24 Å². The number of thiophene rings is 1. The van der Waals surface area contributed by atoms with Gasteiger partial charge in [0.05, 0.1) is 0 Å². The van der Waals surface area contributed by atoms with Crippen LogP contribution in [0.3, 0.4) is 0 Å². The molecule has 2 heteroatoms. The van der Waals surface area contributed by atoms with Crippen LogP contribution in [-0.4, -0.2) is 0 Å². The van der Waals surface area contributed by atoms with E-state index >= 15 is 0 Å². The van der Waals surface area contributed by atoms with Crippen molar-refractivity contribution in [3.05, 3.63) is 198 Å². The van der Waals surface area contributed by atoms with Crippen LogP contribution in [0.2, 0.25) is 0 Å². The lowest BCUT2D eigenvalue weighted by Crippen LogP contribution is -2.15. The number of hydrogen-bond acceptors (Lipinski definition) is 2. The number of nitrogens with zero attached hydrogens (tertiary/aromatic N) is 1. The Hall–Kier alpha value is -5.96. The van der Waals surface area contributed by atoms with Crippen molar-refractivity contribution in [3.8, 4) is 22.3 Å². The maximum atomic E-state index is 2.40. The van der Waals surface area contributed by atoms with Gasteiger partial charge in [-0.15, -0.1) is 11.3 Å². The normalized spacial score (nSPS) is 13.8. The Kier molecular flexibility index (Phi) is 7.93. The molecule has 50 heavy (non-hydrogen) atoms. The van der Waals surface area contributed by atoms with Crippen molar-refractivity contribution in [2.24, 2.45) is 0 Å². The van der Waals surface area contributed by atoms with Crippen molar-refractivity contribution >= 4 is 60.6 Å². The molecule has 0 spiro atoms. The fourth-order valence-corrected chi connectivity index (χ4v) is 8.46. The van der Waals surface area contributed by atoms with Gasteiger partial charge in [0.25, 0.3) is 0 Å². The summed E-state index contributed by atoms with van der Waals surface area (Å²) in [5.74, 6) is 0. The molecule has 0 radical (unpaired) electrons. The highest BCUT2D eigenvalue weighted by atomic mass is 32.1. The highest BCUT2D eigenvalue weighted by Crippen LogP contribution is 2.41. The Balaban J connectivity index is 1.09. The Morgan fingerprint density at radius 1 is 0.520 bits per heavy atom. The van der Waals surface area contributed by atoms with E-state index in [0.717, 1.165) is 29.9 Å². The second kappa shape index (κ2) is 13.2. The summed E-state index contributed by atoms with van der Waals surface area (Å²) in [7, 11) is 0. The Bertz CT molecular complexity index is 2520. The summed E-state index contributed by atoms with van der Waals surface area (Å²) >= 11 is 1.90. The third-order valence-electron chi connectivity index (χ3n) is 9.73. The first kappa shape index (κ1) is 30.1. The molecule has 0 saturated carbocycles. The smallest absolute Gasteiger partial charge is 0.0467 e. The summed E-state index contributed by atoms with van der Waals surface area (Å²) in [5, 5.41) is 2.67. The lowest BCUT2D eigenvalue weighted by atomic mass is 9.98. The van der Waals surface area contributed by atoms with Gasteiger partial charge in [0.2, 0.25) is 0 Å². The van der Waals surface area contributed by atoms with Crippen LogP contribution in [0.4, 0.5) is 11.4 Å². The van der Waals surface area contributed by atoms with Crippen LogP contribution >= 0.6 is 11.3 Å². The van der Waals surface area contributed by atoms with E-state index in [1.54, 1.807) is 0 Å². The van der Waals surface area contributed by atoms with E-state index in [-0.39, 0.29) is 0 Å². The highest BCUT2D eigenvalue weighted by Gasteiger charge is 2.18. The minimum Gasteiger partial charge on any atom is -0.311 e. The Labute approximate surface area is 297 Å². The minimum absolute atomic E-state index is 0.837. The zero-order valence-corrected chi connectivity index (χ0v) is 28.5. The van der Waals surface area contributed by atoms with Crippen molar-refractivity contribution in [3.63, 3.8) is 0 Å². The third-order valence-corrected chi connectivity index (χ3v) is 10.9. The summed E-state index contributed by atoms with van der Waals surface area (Å²) < 4.78 is 2.70. The van der Waals surface area contributed by atoms with Crippen LogP contribution in [0.5, 0.6) is 0 Å². The molecule has 7 aromatic rings. The van der Waals surface area contributed by atoms with E-state index < -0.39 is 0 Å². The molecule has 2 aliphatic carbocycles. The molecule has 6 aromatic carbocycles. The maximum absolute atomic E-state index is 2.40. The van der Waals surface area contributed by atoms with Crippen LogP contribution in [0.1, 0.15) is 29.5 Å². The summed E-state index contributed by atoms with van der Waals surface area (Å²) in [6, 6.07) is 50.8. The van der Waals surface area contributed by atoms with E-state index in [0.29, 0.717) is 0 Å². The maximum Gasteiger partial charge on any atom is 0.0467 e. The number of rotatable bonds is 6. The van der Waals surface area contributed by atoms with Crippen molar-refractivity contribution in [1.29, 1.82) is 0 Å². The summed E-state index contributed by atoms with van der Waals surface area (Å²) in [5.41, 5.74) is 13.4. The van der Waals surface area contributed by atoms with Gasteiger partial charge < -0.3 is 4.90 Å². The molecule has 0 atom stereocenters. The van der Waals surface area contributed by atoms with Crippen LogP contribution in [-0.2, 0) is 0 Å². The standard InChI is InChI=1S/C48H35NS/c1-3-12-34(13-4-1)38-17-9-18-39(32-38)36-24-28-42(29-25-36)49(43-31-26-35-14-5-2-6-15-40(35)33-43)41-19-10-16-37(27-30-41)44-21-11-22-46-45-20-7-8-23-47(45)50-48(44)46/h1,3-26,28-33H,2,27H2. The van der Waals surface area contributed by atoms with Crippen molar-refractivity contribution < 1.29 is 0 Å². The van der Waals surface area contributed by atoms with Gasteiger partial charge in [0, 0.05) is 37.2 Å². The van der Waals surface area contributed by atoms with Crippen molar-refractivity contribution in [1.82, 2.24) is 0 Å².